The van der Waals surface area contributed by atoms with E-state index in [4.69, 9.17) is 4.74 Å². The lowest BCUT2D eigenvalue weighted by Gasteiger charge is -2.32. The zero-order chi connectivity index (χ0) is 31.2. The van der Waals surface area contributed by atoms with Crippen molar-refractivity contribution in [2.24, 2.45) is 0 Å². The van der Waals surface area contributed by atoms with Gasteiger partial charge in [-0.05, 0) is 45.7 Å². The van der Waals surface area contributed by atoms with E-state index in [0.29, 0.717) is 52.4 Å². The van der Waals surface area contributed by atoms with Gasteiger partial charge in [0.05, 0.1) is 25.2 Å². The first-order valence-electron chi connectivity index (χ1n) is 15.3. The number of rotatable bonds is 8. The number of nitrogens with zero attached hydrogens (tertiary/aromatic N) is 3. The van der Waals surface area contributed by atoms with Gasteiger partial charge >= 0.3 is 6.09 Å². The molecule has 1 fully saturated rings. The molecule has 1 aliphatic heterocycles. The quantitative estimate of drug-likeness (QED) is 0.431. The Morgan fingerprint density at radius 2 is 1.14 bits per heavy atom. The van der Waals surface area contributed by atoms with Crippen LogP contribution in [0.3, 0.4) is 0 Å². The Morgan fingerprint density at radius 1 is 0.721 bits per heavy atom. The molecule has 0 spiro atoms. The van der Waals surface area contributed by atoms with Gasteiger partial charge in [0.2, 0.25) is 11.8 Å². The smallest absolute Gasteiger partial charge is 0.410 e. The molecule has 43 heavy (non-hydrogen) atoms. The monoisotopic (exact) mass is 594 g/mol. The minimum atomic E-state index is -0.634. The van der Waals surface area contributed by atoms with Crippen LogP contribution in [0.4, 0.5) is 4.79 Å². The lowest BCUT2D eigenvalue weighted by molar-refractivity contribution is -0.123. The topological polar surface area (TPSA) is 106 Å². The highest BCUT2D eigenvalue weighted by molar-refractivity contribution is 5.79. The lowest BCUT2D eigenvalue weighted by Crippen LogP contribution is -2.50. The molecule has 3 amide bonds. The van der Waals surface area contributed by atoms with Gasteiger partial charge in [0.1, 0.15) is 5.60 Å². The van der Waals surface area contributed by atoms with Gasteiger partial charge in [-0.25, -0.2) is 4.79 Å². The van der Waals surface area contributed by atoms with Crippen LogP contribution in [-0.2, 0) is 14.3 Å². The van der Waals surface area contributed by atoms with Crippen molar-refractivity contribution in [3.63, 3.8) is 0 Å². The van der Waals surface area contributed by atoms with Crippen molar-refractivity contribution in [3.8, 4) is 0 Å². The summed E-state index contributed by atoms with van der Waals surface area (Å²) < 4.78 is 5.72. The standard InChI is InChI=1S/C33H50N6O4/c1-26(28-12-8-6-9-13-28)35-30(40)24-37-18-16-34-17-19-38(21-23-39(22-20-37)32(42)43-33(3,4)5)25-31(41)36-27(2)29-14-10-7-11-15-29/h6-15,26-27,34H,16-25H2,1-5H3,(H,35,40)(H,36,41). The minimum Gasteiger partial charge on any atom is -0.444 e. The van der Waals surface area contributed by atoms with Crippen LogP contribution in [0, 0.1) is 0 Å². The predicted molar refractivity (Wildman–Crippen MR) is 170 cm³/mol. The van der Waals surface area contributed by atoms with Crippen LogP contribution < -0.4 is 16.0 Å². The molecule has 0 saturated carbocycles. The van der Waals surface area contributed by atoms with Crippen LogP contribution in [0.2, 0.25) is 0 Å². The Kier molecular flexibility index (Phi) is 13.4. The fourth-order valence-corrected chi connectivity index (χ4v) is 4.91. The SMILES string of the molecule is CC(NC(=O)CN1CCNCCN(CC(=O)NC(C)c2ccccc2)CCN(C(=O)OC(C)(C)C)CC1)c1ccccc1. The van der Waals surface area contributed by atoms with Crippen LogP contribution in [0.5, 0.6) is 0 Å². The van der Waals surface area contributed by atoms with Gasteiger partial charge in [-0.1, -0.05) is 60.7 Å². The van der Waals surface area contributed by atoms with Crippen LogP contribution in [0.25, 0.3) is 0 Å². The molecule has 1 heterocycles. The molecule has 2 aromatic carbocycles. The summed E-state index contributed by atoms with van der Waals surface area (Å²) in [6.45, 7) is 14.4. The van der Waals surface area contributed by atoms with Crippen LogP contribution in [0.1, 0.15) is 57.8 Å². The van der Waals surface area contributed by atoms with Gasteiger partial charge < -0.3 is 25.6 Å². The molecule has 3 N–H and O–H groups in total. The third kappa shape index (κ3) is 12.7. The number of benzene rings is 2. The number of nitrogens with one attached hydrogen (secondary N) is 3. The molecular weight excluding hydrogens is 544 g/mol. The summed E-state index contributed by atoms with van der Waals surface area (Å²) in [6, 6.07) is 19.6. The van der Waals surface area contributed by atoms with Crippen molar-refractivity contribution in [2.45, 2.75) is 52.3 Å². The maximum absolute atomic E-state index is 13.2. The zero-order valence-corrected chi connectivity index (χ0v) is 26.5. The Hall–Kier alpha value is -3.47. The summed E-state index contributed by atoms with van der Waals surface area (Å²) in [4.78, 5) is 44.9. The van der Waals surface area contributed by atoms with Gasteiger partial charge in [0, 0.05) is 52.4 Å². The molecule has 10 heteroatoms. The average molecular weight is 595 g/mol. The van der Waals surface area contributed by atoms with Gasteiger partial charge in [-0.3, -0.25) is 19.4 Å². The van der Waals surface area contributed by atoms with Crippen LogP contribution in [0.15, 0.2) is 60.7 Å². The Balaban J connectivity index is 1.62. The van der Waals surface area contributed by atoms with E-state index < -0.39 is 11.7 Å². The van der Waals surface area contributed by atoms with E-state index in [-0.39, 0.29) is 37.0 Å². The number of ether oxygens (including phenoxy) is 1. The average Bonchev–Trinajstić information content (AvgIpc) is 2.95. The summed E-state index contributed by atoms with van der Waals surface area (Å²) in [6.07, 6.45) is -0.396. The molecule has 10 nitrogen and oxygen atoms in total. The van der Waals surface area contributed by atoms with Crippen molar-refractivity contribution in [1.29, 1.82) is 0 Å². The first-order valence-corrected chi connectivity index (χ1v) is 15.3. The minimum absolute atomic E-state index is 0.0609. The van der Waals surface area contributed by atoms with E-state index in [1.165, 1.54) is 0 Å². The Labute approximate surface area is 257 Å². The molecule has 1 saturated heterocycles. The normalized spacial score (nSPS) is 17.6. The lowest BCUT2D eigenvalue weighted by atomic mass is 10.1. The van der Waals surface area contributed by atoms with Crippen LogP contribution in [-0.4, -0.2) is 104 Å². The third-order valence-electron chi connectivity index (χ3n) is 7.32. The van der Waals surface area contributed by atoms with Crippen molar-refractivity contribution < 1.29 is 19.1 Å². The van der Waals surface area contributed by atoms with E-state index in [9.17, 15) is 14.4 Å². The highest BCUT2D eigenvalue weighted by atomic mass is 16.6. The summed E-state index contributed by atoms with van der Waals surface area (Å²) in [5, 5.41) is 9.64. The number of carbonyl (C=O) groups is 3. The summed E-state index contributed by atoms with van der Waals surface area (Å²) in [5.41, 5.74) is 1.47. The van der Waals surface area contributed by atoms with Gasteiger partial charge in [-0.15, -0.1) is 0 Å². The molecule has 3 rings (SSSR count). The first kappa shape index (κ1) is 34.0. The van der Waals surface area contributed by atoms with E-state index in [0.717, 1.165) is 11.1 Å². The predicted octanol–water partition coefficient (Wildman–Crippen LogP) is 3.19. The molecule has 0 aromatic heterocycles. The number of carbonyl (C=O) groups excluding carboxylic acids is 3. The van der Waals surface area contributed by atoms with Crippen LogP contribution >= 0.6 is 0 Å². The van der Waals surface area contributed by atoms with Crippen molar-refractivity contribution in [2.75, 3.05) is 65.4 Å². The first-order chi connectivity index (χ1) is 20.5. The van der Waals surface area contributed by atoms with Crippen molar-refractivity contribution >= 4 is 17.9 Å². The second-order valence-electron chi connectivity index (χ2n) is 12.2. The maximum Gasteiger partial charge on any atom is 0.410 e. The van der Waals surface area contributed by atoms with E-state index in [1.54, 1.807) is 4.90 Å². The van der Waals surface area contributed by atoms with E-state index in [1.807, 2.05) is 95.3 Å². The number of hydrogen-bond donors (Lipinski definition) is 3. The van der Waals surface area contributed by atoms with E-state index in [2.05, 4.69) is 25.8 Å². The molecule has 2 aromatic rings. The Morgan fingerprint density at radius 3 is 1.53 bits per heavy atom. The molecule has 2 atom stereocenters. The second-order valence-corrected chi connectivity index (χ2v) is 12.2. The summed E-state index contributed by atoms with van der Waals surface area (Å²) in [7, 11) is 0. The van der Waals surface area contributed by atoms with Gasteiger partial charge in [0.15, 0.2) is 0 Å². The summed E-state index contributed by atoms with van der Waals surface area (Å²) >= 11 is 0. The highest BCUT2D eigenvalue weighted by Gasteiger charge is 2.25. The fourth-order valence-electron chi connectivity index (χ4n) is 4.91. The number of hydrogen-bond acceptors (Lipinski definition) is 7. The number of amides is 3. The molecule has 0 bridgehead atoms. The van der Waals surface area contributed by atoms with Crippen molar-refractivity contribution in [1.82, 2.24) is 30.7 Å². The summed E-state index contributed by atoms with van der Waals surface area (Å²) in [5.74, 6) is -0.122. The molecular formula is C33H50N6O4. The molecule has 0 radical (unpaired) electrons. The Bertz CT molecular complexity index is 1070. The highest BCUT2D eigenvalue weighted by Crippen LogP contribution is 2.13. The molecule has 0 aliphatic carbocycles. The second kappa shape index (κ2) is 17.0. The largest absolute Gasteiger partial charge is 0.444 e. The maximum atomic E-state index is 13.2. The fraction of sp³-hybridized carbons (Fsp3) is 0.545. The van der Waals surface area contributed by atoms with Crippen molar-refractivity contribution in [3.05, 3.63) is 71.8 Å². The van der Waals surface area contributed by atoms with Gasteiger partial charge in [0.25, 0.3) is 0 Å². The molecule has 236 valence electrons. The van der Waals surface area contributed by atoms with Gasteiger partial charge in [-0.2, -0.15) is 0 Å². The molecule has 2 unspecified atom stereocenters. The molecule has 1 aliphatic rings. The third-order valence-corrected chi connectivity index (χ3v) is 7.32. The zero-order valence-electron chi connectivity index (χ0n) is 26.5. The van der Waals surface area contributed by atoms with E-state index >= 15 is 0 Å².